The van der Waals surface area contributed by atoms with Crippen molar-refractivity contribution in [2.45, 2.75) is 26.1 Å². The average Bonchev–Trinajstić information content (AvgIpc) is 2.44. The van der Waals surface area contributed by atoms with Gasteiger partial charge in [-0.25, -0.2) is 0 Å². The molecule has 0 unspecified atom stereocenters. The zero-order chi connectivity index (χ0) is 9.31. The van der Waals surface area contributed by atoms with Gasteiger partial charge in [-0.05, 0) is 26.0 Å². The van der Waals surface area contributed by atoms with Gasteiger partial charge in [-0.15, -0.1) is 0 Å². The molecule has 2 rings (SSSR count). The van der Waals surface area contributed by atoms with E-state index in [1.54, 1.807) is 0 Å². The maximum atomic E-state index is 5.71. The number of ether oxygens (including phenoxy) is 1. The molecule has 0 spiro atoms. The number of nitrogens with one attached hydrogen (secondary N) is 1. The molecule has 2 heterocycles. The maximum absolute atomic E-state index is 5.71. The van der Waals surface area contributed by atoms with Crippen molar-refractivity contribution in [3.63, 3.8) is 0 Å². The molecule has 0 saturated carbocycles. The molecule has 1 aliphatic rings. The van der Waals surface area contributed by atoms with Gasteiger partial charge in [0.25, 0.3) is 0 Å². The third kappa shape index (κ3) is 1.92. The molecule has 0 aromatic carbocycles. The van der Waals surface area contributed by atoms with Gasteiger partial charge in [0.2, 0.25) is 0 Å². The van der Waals surface area contributed by atoms with Crippen LogP contribution in [-0.2, 0) is 11.3 Å². The van der Waals surface area contributed by atoms with E-state index in [4.69, 9.17) is 9.15 Å². The first kappa shape index (κ1) is 8.78. The van der Waals surface area contributed by atoms with Gasteiger partial charge in [0.15, 0.2) is 0 Å². The summed E-state index contributed by atoms with van der Waals surface area (Å²) < 4.78 is 11.1. The van der Waals surface area contributed by atoms with E-state index in [1.165, 1.54) is 0 Å². The Labute approximate surface area is 78.1 Å². The fourth-order valence-corrected chi connectivity index (χ4v) is 1.39. The van der Waals surface area contributed by atoms with Crippen LogP contribution in [0.2, 0.25) is 0 Å². The van der Waals surface area contributed by atoms with Crippen molar-refractivity contribution in [2.75, 3.05) is 13.1 Å². The van der Waals surface area contributed by atoms with Crippen LogP contribution >= 0.6 is 0 Å². The van der Waals surface area contributed by atoms with E-state index in [9.17, 15) is 0 Å². The number of rotatable bonds is 3. The van der Waals surface area contributed by atoms with E-state index < -0.39 is 0 Å². The summed E-state index contributed by atoms with van der Waals surface area (Å²) in [5.41, 5.74) is 0.0146. The van der Waals surface area contributed by atoms with E-state index >= 15 is 0 Å². The van der Waals surface area contributed by atoms with Gasteiger partial charge in [0.1, 0.15) is 18.1 Å². The van der Waals surface area contributed by atoms with E-state index in [0.29, 0.717) is 6.61 Å². The van der Waals surface area contributed by atoms with Crippen molar-refractivity contribution in [1.82, 2.24) is 5.32 Å². The second-order valence-electron chi connectivity index (χ2n) is 3.85. The first-order chi connectivity index (χ1) is 6.18. The maximum Gasteiger partial charge on any atom is 0.129 e. The molecule has 1 aliphatic heterocycles. The van der Waals surface area contributed by atoms with E-state index in [2.05, 4.69) is 12.2 Å². The van der Waals surface area contributed by atoms with Crippen molar-refractivity contribution < 1.29 is 9.15 Å². The fraction of sp³-hybridized carbons (Fsp3) is 0.600. The first-order valence-electron chi connectivity index (χ1n) is 4.58. The van der Waals surface area contributed by atoms with Gasteiger partial charge in [-0.1, -0.05) is 0 Å². The zero-order valence-corrected chi connectivity index (χ0v) is 8.09. The van der Waals surface area contributed by atoms with Gasteiger partial charge in [0, 0.05) is 13.1 Å². The minimum Gasteiger partial charge on any atom is -0.464 e. The van der Waals surface area contributed by atoms with Gasteiger partial charge in [0.05, 0.1) is 5.60 Å². The van der Waals surface area contributed by atoms with Crippen LogP contribution < -0.4 is 5.32 Å². The van der Waals surface area contributed by atoms with Crippen LogP contribution in [0.1, 0.15) is 18.4 Å². The zero-order valence-electron chi connectivity index (χ0n) is 8.09. The molecule has 1 aromatic heterocycles. The summed E-state index contributed by atoms with van der Waals surface area (Å²) in [6.45, 7) is 6.50. The summed E-state index contributed by atoms with van der Waals surface area (Å²) in [6.07, 6.45) is 0. The van der Waals surface area contributed by atoms with E-state index in [0.717, 1.165) is 24.6 Å². The lowest BCUT2D eigenvalue weighted by Crippen LogP contribution is -2.58. The molecule has 1 saturated heterocycles. The Balaban J connectivity index is 1.85. The van der Waals surface area contributed by atoms with Crippen LogP contribution in [-0.4, -0.2) is 18.7 Å². The van der Waals surface area contributed by atoms with Gasteiger partial charge in [-0.3, -0.25) is 0 Å². The van der Waals surface area contributed by atoms with Crippen LogP contribution in [0.5, 0.6) is 0 Å². The van der Waals surface area contributed by atoms with Crippen LogP contribution in [0, 0.1) is 6.92 Å². The molecule has 1 aromatic rings. The Hall–Kier alpha value is -0.800. The van der Waals surface area contributed by atoms with E-state index in [1.807, 2.05) is 19.1 Å². The minimum atomic E-state index is 0.0146. The molecule has 0 atom stereocenters. The average molecular weight is 181 g/mol. The molecule has 13 heavy (non-hydrogen) atoms. The highest BCUT2D eigenvalue weighted by Crippen LogP contribution is 2.18. The van der Waals surface area contributed by atoms with Crippen molar-refractivity contribution in [1.29, 1.82) is 0 Å². The largest absolute Gasteiger partial charge is 0.464 e. The van der Waals surface area contributed by atoms with Crippen molar-refractivity contribution >= 4 is 0 Å². The SMILES string of the molecule is Cc1ccc(COC2(C)CNC2)o1. The summed E-state index contributed by atoms with van der Waals surface area (Å²) in [5.74, 6) is 1.85. The highest BCUT2D eigenvalue weighted by molar-refractivity contribution is 5.05. The fourth-order valence-electron chi connectivity index (χ4n) is 1.39. The monoisotopic (exact) mass is 181 g/mol. The molecule has 1 fully saturated rings. The standard InChI is InChI=1S/C10H15NO2/c1-8-3-4-9(13-8)5-12-10(2)6-11-7-10/h3-4,11H,5-7H2,1-2H3. The summed E-state index contributed by atoms with van der Waals surface area (Å²) in [5, 5.41) is 3.19. The van der Waals surface area contributed by atoms with E-state index in [-0.39, 0.29) is 5.60 Å². The summed E-state index contributed by atoms with van der Waals surface area (Å²) >= 11 is 0. The molecule has 72 valence electrons. The van der Waals surface area contributed by atoms with Crippen molar-refractivity contribution in [2.24, 2.45) is 0 Å². The number of hydrogen-bond acceptors (Lipinski definition) is 3. The first-order valence-corrected chi connectivity index (χ1v) is 4.58. The molecule has 0 amide bonds. The lowest BCUT2D eigenvalue weighted by molar-refractivity contribution is -0.0819. The summed E-state index contributed by atoms with van der Waals surface area (Å²) in [4.78, 5) is 0. The topological polar surface area (TPSA) is 34.4 Å². The summed E-state index contributed by atoms with van der Waals surface area (Å²) in [7, 11) is 0. The Morgan fingerprint density at radius 2 is 2.31 bits per heavy atom. The predicted octanol–water partition coefficient (Wildman–Crippen LogP) is 1.47. The third-order valence-corrected chi connectivity index (χ3v) is 2.36. The Kier molecular flexibility index (Phi) is 2.14. The molecule has 0 aliphatic carbocycles. The molecule has 1 N–H and O–H groups in total. The predicted molar refractivity (Wildman–Crippen MR) is 49.5 cm³/mol. The Bertz CT molecular complexity index is 289. The quantitative estimate of drug-likeness (QED) is 0.766. The Morgan fingerprint density at radius 1 is 1.54 bits per heavy atom. The van der Waals surface area contributed by atoms with Crippen molar-refractivity contribution in [3.8, 4) is 0 Å². The normalized spacial score (nSPS) is 19.8. The van der Waals surface area contributed by atoms with Gasteiger partial charge >= 0.3 is 0 Å². The number of aryl methyl sites for hydroxylation is 1. The highest BCUT2D eigenvalue weighted by atomic mass is 16.5. The summed E-state index contributed by atoms with van der Waals surface area (Å²) in [6, 6.07) is 3.92. The van der Waals surface area contributed by atoms with Crippen LogP contribution in [0.4, 0.5) is 0 Å². The Morgan fingerprint density at radius 3 is 2.77 bits per heavy atom. The van der Waals surface area contributed by atoms with Crippen LogP contribution in [0.3, 0.4) is 0 Å². The van der Waals surface area contributed by atoms with Crippen LogP contribution in [0.25, 0.3) is 0 Å². The van der Waals surface area contributed by atoms with Gasteiger partial charge in [-0.2, -0.15) is 0 Å². The molecule has 0 bridgehead atoms. The molecule has 3 heteroatoms. The lowest BCUT2D eigenvalue weighted by atomic mass is 10.0. The smallest absolute Gasteiger partial charge is 0.129 e. The van der Waals surface area contributed by atoms with Crippen molar-refractivity contribution in [3.05, 3.63) is 23.7 Å². The molecule has 3 nitrogen and oxygen atoms in total. The third-order valence-electron chi connectivity index (χ3n) is 2.36. The second kappa shape index (κ2) is 3.16. The molecular formula is C10H15NO2. The lowest BCUT2D eigenvalue weighted by Gasteiger charge is -2.38. The molecular weight excluding hydrogens is 166 g/mol. The minimum absolute atomic E-state index is 0.0146. The highest BCUT2D eigenvalue weighted by Gasteiger charge is 2.32. The van der Waals surface area contributed by atoms with Crippen LogP contribution in [0.15, 0.2) is 16.5 Å². The molecule has 0 radical (unpaired) electrons. The van der Waals surface area contributed by atoms with Gasteiger partial charge < -0.3 is 14.5 Å². The number of furan rings is 1. The second-order valence-corrected chi connectivity index (χ2v) is 3.85. The number of hydrogen-bond donors (Lipinski definition) is 1.